The number of aromatic carboxylic acids is 1. The number of rotatable bonds is 5. The van der Waals surface area contributed by atoms with Gasteiger partial charge in [-0.15, -0.1) is 0 Å². The third-order valence-corrected chi connectivity index (χ3v) is 2.81. The van der Waals surface area contributed by atoms with Crippen LogP contribution in [0.15, 0.2) is 18.2 Å². The number of hydrogen-bond donors (Lipinski definition) is 2. The number of anilines is 1. The van der Waals surface area contributed by atoms with Crippen molar-refractivity contribution in [3.8, 4) is 0 Å². The summed E-state index contributed by atoms with van der Waals surface area (Å²) in [5.74, 6) is -1.09. The lowest BCUT2D eigenvalue weighted by Gasteiger charge is -2.17. The van der Waals surface area contributed by atoms with Gasteiger partial charge in [0.05, 0.1) is 5.56 Å². The van der Waals surface area contributed by atoms with Gasteiger partial charge in [-0.2, -0.15) is 0 Å². The molecular formula is C13H17ClN2O3. The number of carbonyl (C=O) groups is 2. The van der Waals surface area contributed by atoms with E-state index in [4.69, 9.17) is 16.7 Å². The lowest BCUT2D eigenvalue weighted by Crippen LogP contribution is -2.32. The molecule has 0 atom stereocenters. The average Bonchev–Trinajstić information content (AvgIpc) is 2.34. The van der Waals surface area contributed by atoms with Crippen molar-refractivity contribution >= 4 is 29.3 Å². The van der Waals surface area contributed by atoms with Gasteiger partial charge >= 0.3 is 12.0 Å². The third kappa shape index (κ3) is 4.79. The monoisotopic (exact) mass is 284 g/mol. The number of hydrogen-bond acceptors (Lipinski definition) is 2. The molecule has 0 aliphatic rings. The molecule has 0 saturated heterocycles. The Labute approximate surface area is 117 Å². The van der Waals surface area contributed by atoms with Crippen LogP contribution in [-0.2, 0) is 0 Å². The molecule has 0 aliphatic heterocycles. The first-order chi connectivity index (χ1) is 8.93. The molecule has 2 N–H and O–H groups in total. The Hall–Kier alpha value is -1.75. The van der Waals surface area contributed by atoms with Gasteiger partial charge in [-0.3, -0.25) is 0 Å². The van der Waals surface area contributed by atoms with E-state index < -0.39 is 5.97 Å². The van der Waals surface area contributed by atoms with E-state index in [-0.39, 0.29) is 16.6 Å². The number of nitrogens with zero attached hydrogens (tertiary/aromatic N) is 1. The standard InChI is InChI=1S/C13H17ClN2O3/c1-3-4-5-16(2)13(19)15-11-7-9(12(17)18)6-10(14)8-11/h6-8H,3-5H2,1-2H3,(H,15,19)(H,17,18). The Morgan fingerprint density at radius 1 is 1.37 bits per heavy atom. The van der Waals surface area contributed by atoms with Crippen LogP contribution in [-0.4, -0.2) is 35.6 Å². The van der Waals surface area contributed by atoms with E-state index in [1.54, 1.807) is 11.9 Å². The number of carbonyl (C=O) groups excluding carboxylic acids is 1. The zero-order valence-corrected chi connectivity index (χ0v) is 11.7. The van der Waals surface area contributed by atoms with Crippen molar-refractivity contribution in [1.29, 1.82) is 0 Å². The van der Waals surface area contributed by atoms with Crippen LogP contribution in [0.1, 0.15) is 30.1 Å². The van der Waals surface area contributed by atoms with Gasteiger partial charge in [-0.05, 0) is 24.6 Å². The molecule has 19 heavy (non-hydrogen) atoms. The molecule has 0 unspecified atom stereocenters. The van der Waals surface area contributed by atoms with Gasteiger partial charge in [-0.1, -0.05) is 24.9 Å². The number of benzene rings is 1. The van der Waals surface area contributed by atoms with Crippen molar-refractivity contribution in [2.24, 2.45) is 0 Å². The van der Waals surface area contributed by atoms with Gasteiger partial charge in [-0.25, -0.2) is 9.59 Å². The van der Waals surface area contributed by atoms with E-state index in [0.717, 1.165) is 12.8 Å². The lowest BCUT2D eigenvalue weighted by molar-refractivity contribution is 0.0697. The zero-order valence-electron chi connectivity index (χ0n) is 10.9. The Kier molecular flexibility index (Phi) is 5.63. The number of halogens is 1. The molecular weight excluding hydrogens is 268 g/mol. The quantitative estimate of drug-likeness (QED) is 0.871. The first-order valence-corrected chi connectivity index (χ1v) is 6.38. The van der Waals surface area contributed by atoms with Gasteiger partial charge in [0.1, 0.15) is 0 Å². The number of amides is 2. The lowest BCUT2D eigenvalue weighted by atomic mass is 10.2. The highest BCUT2D eigenvalue weighted by Crippen LogP contribution is 2.19. The van der Waals surface area contributed by atoms with E-state index in [2.05, 4.69) is 5.32 Å². The van der Waals surface area contributed by atoms with E-state index in [0.29, 0.717) is 12.2 Å². The number of unbranched alkanes of at least 4 members (excludes halogenated alkanes) is 1. The minimum atomic E-state index is -1.09. The highest BCUT2D eigenvalue weighted by Gasteiger charge is 2.11. The van der Waals surface area contributed by atoms with Crippen LogP contribution in [0, 0.1) is 0 Å². The van der Waals surface area contributed by atoms with Gasteiger partial charge in [0.25, 0.3) is 0 Å². The molecule has 0 heterocycles. The number of carboxylic acid groups (broad SMARTS) is 1. The van der Waals surface area contributed by atoms with Crippen molar-refractivity contribution in [2.45, 2.75) is 19.8 Å². The number of carboxylic acids is 1. The molecule has 0 radical (unpaired) electrons. The molecule has 0 fully saturated rings. The van der Waals surface area contributed by atoms with Crippen LogP contribution >= 0.6 is 11.6 Å². The summed E-state index contributed by atoms with van der Waals surface area (Å²) in [5, 5.41) is 11.8. The summed E-state index contributed by atoms with van der Waals surface area (Å²) in [4.78, 5) is 24.3. The zero-order chi connectivity index (χ0) is 14.4. The minimum absolute atomic E-state index is 0.0408. The predicted octanol–water partition coefficient (Wildman–Crippen LogP) is 3.30. The van der Waals surface area contributed by atoms with Crippen LogP contribution in [0.5, 0.6) is 0 Å². The van der Waals surface area contributed by atoms with E-state index in [1.165, 1.54) is 18.2 Å². The predicted molar refractivity (Wildman–Crippen MR) is 75.0 cm³/mol. The molecule has 1 aromatic rings. The molecule has 1 rings (SSSR count). The van der Waals surface area contributed by atoms with Crippen LogP contribution < -0.4 is 5.32 Å². The Balaban J connectivity index is 2.76. The molecule has 0 saturated carbocycles. The second-order valence-corrected chi connectivity index (χ2v) is 4.68. The Morgan fingerprint density at radius 2 is 2.05 bits per heavy atom. The number of urea groups is 1. The van der Waals surface area contributed by atoms with Gasteiger partial charge in [0.15, 0.2) is 0 Å². The molecule has 6 heteroatoms. The van der Waals surface area contributed by atoms with Crippen molar-refractivity contribution in [3.05, 3.63) is 28.8 Å². The summed E-state index contributed by atoms with van der Waals surface area (Å²) in [6.45, 7) is 2.69. The van der Waals surface area contributed by atoms with Crippen molar-refractivity contribution < 1.29 is 14.7 Å². The van der Waals surface area contributed by atoms with Crippen LogP contribution in [0.3, 0.4) is 0 Å². The summed E-state index contributed by atoms with van der Waals surface area (Å²) in [6.07, 6.45) is 1.91. The summed E-state index contributed by atoms with van der Waals surface area (Å²) in [6, 6.07) is 3.94. The van der Waals surface area contributed by atoms with Crippen LogP contribution in [0.2, 0.25) is 5.02 Å². The fourth-order valence-electron chi connectivity index (χ4n) is 1.50. The Bertz CT molecular complexity index is 477. The first kappa shape index (κ1) is 15.3. The highest BCUT2D eigenvalue weighted by molar-refractivity contribution is 6.31. The second-order valence-electron chi connectivity index (χ2n) is 4.24. The molecule has 1 aromatic carbocycles. The van der Waals surface area contributed by atoms with Gasteiger partial charge in [0.2, 0.25) is 0 Å². The molecule has 5 nitrogen and oxygen atoms in total. The van der Waals surface area contributed by atoms with Crippen molar-refractivity contribution in [1.82, 2.24) is 4.90 Å². The first-order valence-electron chi connectivity index (χ1n) is 6.00. The SMILES string of the molecule is CCCCN(C)C(=O)Nc1cc(Cl)cc(C(=O)O)c1. The largest absolute Gasteiger partial charge is 0.478 e. The molecule has 0 aromatic heterocycles. The minimum Gasteiger partial charge on any atom is -0.478 e. The van der Waals surface area contributed by atoms with E-state index in [1.807, 2.05) is 6.92 Å². The molecule has 2 amide bonds. The van der Waals surface area contributed by atoms with Gasteiger partial charge in [0, 0.05) is 24.3 Å². The fourth-order valence-corrected chi connectivity index (χ4v) is 1.74. The topological polar surface area (TPSA) is 69.6 Å². The molecule has 0 aliphatic carbocycles. The summed E-state index contributed by atoms with van der Waals surface area (Å²) in [5.41, 5.74) is 0.414. The van der Waals surface area contributed by atoms with Gasteiger partial charge < -0.3 is 15.3 Å². The molecule has 0 spiro atoms. The highest BCUT2D eigenvalue weighted by atomic mass is 35.5. The maximum Gasteiger partial charge on any atom is 0.335 e. The maximum atomic E-state index is 11.8. The average molecular weight is 285 g/mol. The third-order valence-electron chi connectivity index (χ3n) is 2.59. The van der Waals surface area contributed by atoms with E-state index in [9.17, 15) is 9.59 Å². The molecule has 0 bridgehead atoms. The van der Waals surface area contributed by atoms with Crippen LogP contribution in [0.4, 0.5) is 10.5 Å². The smallest absolute Gasteiger partial charge is 0.335 e. The van der Waals surface area contributed by atoms with Crippen molar-refractivity contribution in [3.63, 3.8) is 0 Å². The fraction of sp³-hybridized carbons (Fsp3) is 0.385. The Morgan fingerprint density at radius 3 is 2.63 bits per heavy atom. The second kappa shape index (κ2) is 6.99. The molecule has 104 valence electrons. The van der Waals surface area contributed by atoms with Crippen LogP contribution in [0.25, 0.3) is 0 Å². The summed E-state index contributed by atoms with van der Waals surface area (Å²) in [7, 11) is 1.69. The van der Waals surface area contributed by atoms with Crippen molar-refractivity contribution in [2.75, 3.05) is 18.9 Å². The normalized spacial score (nSPS) is 10.1. The van der Waals surface area contributed by atoms with E-state index >= 15 is 0 Å². The number of nitrogens with one attached hydrogen (secondary N) is 1. The summed E-state index contributed by atoms with van der Waals surface area (Å²) < 4.78 is 0. The summed E-state index contributed by atoms with van der Waals surface area (Å²) >= 11 is 5.81. The maximum absolute atomic E-state index is 11.8.